The zero-order valence-corrected chi connectivity index (χ0v) is 5.56. The Morgan fingerprint density at radius 2 is 1.00 bits per heavy atom. The van der Waals surface area contributed by atoms with Crippen LogP contribution in [-0.2, 0) is 55.5 Å². The van der Waals surface area contributed by atoms with Crippen molar-refractivity contribution in [2.45, 2.75) is 0 Å². The molecule has 0 fully saturated rings. The summed E-state index contributed by atoms with van der Waals surface area (Å²) < 4.78 is 0. The summed E-state index contributed by atoms with van der Waals surface area (Å²) in [4.78, 5) is 0. The maximum atomic E-state index is 0. The van der Waals surface area contributed by atoms with E-state index in [1.165, 1.54) is 0 Å². The summed E-state index contributed by atoms with van der Waals surface area (Å²) in [7, 11) is 0. The molecule has 0 saturated carbocycles. The fourth-order valence-corrected chi connectivity index (χ4v) is 0. The molecule has 0 nitrogen and oxygen atoms in total. The molecule has 0 atom stereocenters. The van der Waals surface area contributed by atoms with Gasteiger partial charge >= 0.3 is 23.1 Å². The van der Waals surface area contributed by atoms with E-state index in [2.05, 4.69) is 0 Å². The quantitative estimate of drug-likeness (QED) is 0.428. The summed E-state index contributed by atoms with van der Waals surface area (Å²) in [6.45, 7) is 0. The molecule has 0 aromatic carbocycles. The van der Waals surface area contributed by atoms with Gasteiger partial charge in [-0.2, -0.15) is 0 Å². The van der Waals surface area contributed by atoms with Gasteiger partial charge in [-0.3, -0.25) is 0 Å². The SMILES string of the molecule is [Cr].[Fe].[MgH2].[Mo].[SiH4]. The molecule has 0 aliphatic heterocycles. The molecule has 32 valence electrons. The van der Waals surface area contributed by atoms with Gasteiger partial charge in [-0.15, -0.1) is 0 Å². The van der Waals surface area contributed by atoms with Gasteiger partial charge in [0.05, 0.1) is 0 Å². The van der Waals surface area contributed by atoms with Gasteiger partial charge in [-0.1, -0.05) is 0 Å². The van der Waals surface area contributed by atoms with Gasteiger partial charge < -0.3 is 0 Å². The standard InChI is InChI=1S/Cr.Fe.Mg.Mo.H4Si.2H/h;;;;1H4;;. The molecular weight excluding hydrogens is 256 g/mol. The number of rotatable bonds is 0. The zero-order valence-electron chi connectivity index (χ0n) is 1.17. The molecule has 0 bridgehead atoms. The third-order valence-corrected chi connectivity index (χ3v) is 0. The van der Waals surface area contributed by atoms with E-state index in [9.17, 15) is 0 Å². The Kier molecular flexibility index (Phi) is 280. The van der Waals surface area contributed by atoms with Gasteiger partial charge in [0, 0.05) is 55.5 Å². The predicted molar refractivity (Wildman–Crippen MR) is 19.9 cm³/mol. The molecule has 0 rings (SSSR count). The van der Waals surface area contributed by atoms with E-state index in [4.69, 9.17) is 0 Å². The van der Waals surface area contributed by atoms with Crippen molar-refractivity contribution < 1.29 is 55.5 Å². The Morgan fingerprint density at radius 3 is 1.00 bits per heavy atom. The average Bonchev–Trinajstić information content (AvgIpc) is 0. The topological polar surface area (TPSA) is 0 Å². The molecule has 0 heterocycles. The fraction of sp³-hybridized carbons (Fsp3) is 0. The molecule has 0 aromatic rings. The van der Waals surface area contributed by atoms with Gasteiger partial charge in [0.1, 0.15) is 0 Å². The summed E-state index contributed by atoms with van der Waals surface area (Å²) in [5.41, 5.74) is 0. The van der Waals surface area contributed by atoms with Crippen LogP contribution < -0.4 is 0 Å². The van der Waals surface area contributed by atoms with Crippen molar-refractivity contribution in [3.05, 3.63) is 0 Å². The zero-order chi connectivity index (χ0) is 0. The largest absolute Gasteiger partial charge is 0.316 e. The van der Waals surface area contributed by atoms with Crippen molar-refractivity contribution in [1.82, 2.24) is 0 Å². The van der Waals surface area contributed by atoms with E-state index >= 15 is 0 Å². The van der Waals surface area contributed by atoms with Crippen LogP contribution in [-0.4, -0.2) is 34.0 Å². The van der Waals surface area contributed by atoms with E-state index in [1.54, 1.807) is 0 Å². The molecular formula is H6CrFeMgMoSi. The van der Waals surface area contributed by atoms with Crippen LogP contribution in [0, 0.1) is 0 Å². The Hall–Kier alpha value is 2.72. The molecule has 0 saturated heterocycles. The minimum atomic E-state index is 0. The summed E-state index contributed by atoms with van der Waals surface area (Å²) >= 11 is 0. The minimum Gasteiger partial charge on any atom is -0.0149 e. The van der Waals surface area contributed by atoms with Gasteiger partial charge in [-0.25, -0.2) is 0 Å². The fourth-order valence-electron chi connectivity index (χ4n) is 0. The Labute approximate surface area is 88.3 Å². The van der Waals surface area contributed by atoms with E-state index in [1.807, 2.05) is 0 Å². The van der Waals surface area contributed by atoms with Crippen molar-refractivity contribution in [2.75, 3.05) is 0 Å². The van der Waals surface area contributed by atoms with Crippen LogP contribution in [0.5, 0.6) is 0 Å². The van der Waals surface area contributed by atoms with Crippen LogP contribution in [0.15, 0.2) is 0 Å². The van der Waals surface area contributed by atoms with Crippen molar-refractivity contribution in [3.63, 3.8) is 0 Å². The number of hydrogen-bond acceptors (Lipinski definition) is 0. The summed E-state index contributed by atoms with van der Waals surface area (Å²) in [6.07, 6.45) is 0. The van der Waals surface area contributed by atoms with E-state index in [0.717, 1.165) is 0 Å². The summed E-state index contributed by atoms with van der Waals surface area (Å²) in [5, 5.41) is 0. The smallest absolute Gasteiger partial charge is 0.0149 e. The Morgan fingerprint density at radius 1 is 1.00 bits per heavy atom. The molecule has 0 aromatic heterocycles. The van der Waals surface area contributed by atoms with Gasteiger partial charge in [0.25, 0.3) is 0 Å². The molecule has 0 amide bonds. The second-order valence-electron chi connectivity index (χ2n) is 0. The Balaban J connectivity index is 0. The molecule has 0 aliphatic carbocycles. The molecule has 0 N–H and O–H groups in total. The van der Waals surface area contributed by atoms with Gasteiger partial charge in [-0.05, 0) is 11.0 Å². The van der Waals surface area contributed by atoms with Gasteiger partial charge in [0.15, 0.2) is 0 Å². The maximum Gasteiger partial charge on any atom is 0.316 e. The van der Waals surface area contributed by atoms with Crippen LogP contribution in [0.2, 0.25) is 0 Å². The van der Waals surface area contributed by atoms with E-state index < -0.39 is 0 Å². The molecule has 0 aliphatic rings. The Bertz CT molecular complexity index is 11.6. The first kappa shape index (κ1) is 47.1. The average molecular weight is 262 g/mol. The molecule has 0 spiro atoms. The minimum absolute atomic E-state index is 0. The van der Waals surface area contributed by atoms with E-state index in [0.29, 0.717) is 0 Å². The maximum absolute atomic E-state index is 0. The van der Waals surface area contributed by atoms with Crippen molar-refractivity contribution in [2.24, 2.45) is 0 Å². The molecule has 5 heavy (non-hydrogen) atoms. The second kappa shape index (κ2) is 29.7. The summed E-state index contributed by atoms with van der Waals surface area (Å²) in [6, 6.07) is 0. The van der Waals surface area contributed by atoms with Crippen molar-refractivity contribution in [3.8, 4) is 0 Å². The first-order chi connectivity index (χ1) is 0. The van der Waals surface area contributed by atoms with Crippen LogP contribution in [0.3, 0.4) is 0 Å². The monoisotopic (exact) mass is 264 g/mol. The van der Waals surface area contributed by atoms with Crippen LogP contribution >= 0.6 is 0 Å². The third-order valence-electron chi connectivity index (χ3n) is 0. The molecule has 5 heteroatoms. The summed E-state index contributed by atoms with van der Waals surface area (Å²) in [5.74, 6) is 0. The molecule has 0 radical (unpaired) electrons. The van der Waals surface area contributed by atoms with Crippen molar-refractivity contribution >= 4 is 34.0 Å². The third kappa shape index (κ3) is 20.2. The normalized spacial score (nSPS) is 0. The van der Waals surface area contributed by atoms with Crippen LogP contribution in [0.25, 0.3) is 0 Å². The van der Waals surface area contributed by atoms with E-state index in [-0.39, 0.29) is 89.5 Å². The first-order valence-electron chi connectivity index (χ1n) is 0. The first-order valence-corrected chi connectivity index (χ1v) is 0. The predicted octanol–water partition coefficient (Wildman–Crippen LogP) is -2.38. The van der Waals surface area contributed by atoms with Crippen LogP contribution in [0.1, 0.15) is 0 Å². The second-order valence-corrected chi connectivity index (χ2v) is 0. The molecule has 0 unspecified atom stereocenters. The number of hydrogen-bond donors (Lipinski definition) is 0. The van der Waals surface area contributed by atoms with Crippen molar-refractivity contribution in [1.29, 1.82) is 0 Å². The van der Waals surface area contributed by atoms with Gasteiger partial charge in [0.2, 0.25) is 0 Å². The van der Waals surface area contributed by atoms with Crippen LogP contribution in [0.4, 0.5) is 0 Å².